The van der Waals surface area contributed by atoms with Crippen LogP contribution in [0.25, 0.3) is 11.1 Å². The highest BCUT2D eigenvalue weighted by Gasteiger charge is 2.37. The monoisotopic (exact) mass is 394 g/mol. The first-order valence-electron chi connectivity index (χ1n) is 7.00. The van der Waals surface area contributed by atoms with Crippen LogP contribution in [0.3, 0.4) is 0 Å². The van der Waals surface area contributed by atoms with Crippen molar-refractivity contribution >= 4 is 42.6 Å². The van der Waals surface area contributed by atoms with Crippen LogP contribution in [-0.4, -0.2) is 50.3 Å². The molecule has 0 spiro atoms. The zero-order valence-corrected chi connectivity index (χ0v) is 15.3. The summed E-state index contributed by atoms with van der Waals surface area (Å²) in [4.78, 5) is 11.3. The topological polar surface area (TPSA) is 107 Å². The first kappa shape index (κ1) is 17.5. The molecule has 0 aliphatic carbocycles. The number of rotatable bonds is 3. The highest BCUT2D eigenvalue weighted by molar-refractivity contribution is 7.92. The second-order valence-corrected chi connectivity index (χ2v) is 10.4. The van der Waals surface area contributed by atoms with Crippen molar-refractivity contribution in [3.63, 3.8) is 0 Å². The summed E-state index contributed by atoms with van der Waals surface area (Å²) in [7, 11) is -4.46. The summed E-state index contributed by atoms with van der Waals surface area (Å²) < 4.78 is 56.0. The molecule has 3 rings (SSSR count). The maximum Gasteiger partial charge on any atom is 0.419 e. The van der Waals surface area contributed by atoms with Gasteiger partial charge in [-0.2, -0.15) is 4.31 Å². The van der Waals surface area contributed by atoms with E-state index in [1.54, 1.807) is 0 Å². The number of fused-ring (bicyclic) bond motifs is 1. The summed E-state index contributed by atoms with van der Waals surface area (Å²) >= 11 is 6.09. The number of aryl methyl sites for hydroxylation is 1. The Bertz CT molecular complexity index is 1080. The van der Waals surface area contributed by atoms with Crippen LogP contribution in [0.1, 0.15) is 6.42 Å². The Balaban J connectivity index is 2.08. The summed E-state index contributed by atoms with van der Waals surface area (Å²) in [6.45, 7) is 0. The van der Waals surface area contributed by atoms with E-state index in [-0.39, 0.29) is 33.4 Å². The highest BCUT2D eigenvalue weighted by Crippen LogP contribution is 2.31. The molecule has 1 atom stereocenters. The Morgan fingerprint density at radius 3 is 2.62 bits per heavy atom. The van der Waals surface area contributed by atoms with E-state index in [0.29, 0.717) is 5.52 Å². The van der Waals surface area contributed by atoms with Crippen molar-refractivity contribution < 1.29 is 21.3 Å². The molecule has 0 radical (unpaired) electrons. The van der Waals surface area contributed by atoms with Gasteiger partial charge < -0.3 is 4.42 Å². The zero-order chi connectivity index (χ0) is 17.9. The summed E-state index contributed by atoms with van der Waals surface area (Å²) in [6, 6.07) is 1.89. The molecular weight excluding hydrogens is 380 g/mol. The minimum Gasteiger partial charge on any atom is -0.408 e. The van der Waals surface area contributed by atoms with Crippen LogP contribution in [0.5, 0.6) is 0 Å². The third-order valence-corrected chi connectivity index (χ3v) is 8.35. The molecule has 8 nitrogen and oxygen atoms in total. The molecule has 1 saturated heterocycles. The van der Waals surface area contributed by atoms with Crippen molar-refractivity contribution in [3.8, 4) is 0 Å². The van der Waals surface area contributed by atoms with Crippen LogP contribution in [-0.2, 0) is 26.9 Å². The third kappa shape index (κ3) is 2.77. The number of benzene rings is 1. The second-order valence-electron chi connectivity index (χ2n) is 5.76. The number of aromatic nitrogens is 1. The maximum atomic E-state index is 12.8. The molecule has 132 valence electrons. The molecular formula is C13H15ClN2O6S2. The van der Waals surface area contributed by atoms with Gasteiger partial charge in [-0.15, -0.1) is 0 Å². The van der Waals surface area contributed by atoms with Gasteiger partial charge in [-0.05, 0) is 12.5 Å². The summed E-state index contributed by atoms with van der Waals surface area (Å²) in [5.74, 6) is -0.896. The van der Waals surface area contributed by atoms with Gasteiger partial charge >= 0.3 is 5.76 Å². The molecule has 0 saturated carbocycles. The van der Waals surface area contributed by atoms with Gasteiger partial charge in [-0.1, -0.05) is 11.6 Å². The maximum absolute atomic E-state index is 12.8. The van der Waals surface area contributed by atoms with Crippen molar-refractivity contribution in [2.24, 2.45) is 7.05 Å². The molecule has 1 fully saturated rings. The van der Waals surface area contributed by atoms with Gasteiger partial charge in [0.1, 0.15) is 4.90 Å². The lowest BCUT2D eigenvalue weighted by molar-refractivity contribution is 0.394. The molecule has 2 heterocycles. The highest BCUT2D eigenvalue weighted by atomic mass is 35.5. The van der Waals surface area contributed by atoms with E-state index in [4.69, 9.17) is 16.0 Å². The van der Waals surface area contributed by atoms with E-state index in [1.165, 1.54) is 30.8 Å². The lowest BCUT2D eigenvalue weighted by Gasteiger charge is -2.23. The van der Waals surface area contributed by atoms with Crippen LogP contribution in [0, 0.1) is 0 Å². The van der Waals surface area contributed by atoms with Crippen LogP contribution < -0.4 is 5.76 Å². The van der Waals surface area contributed by atoms with E-state index in [1.807, 2.05) is 0 Å². The molecule has 1 aromatic heterocycles. The molecule has 0 N–H and O–H groups in total. The average molecular weight is 395 g/mol. The molecule has 0 amide bonds. The first-order valence-corrected chi connectivity index (χ1v) is 10.6. The van der Waals surface area contributed by atoms with Gasteiger partial charge in [0, 0.05) is 26.2 Å². The Hall–Kier alpha value is -1.36. The number of sulfone groups is 1. The predicted octanol–water partition coefficient (Wildman–Crippen LogP) is 0.592. The summed E-state index contributed by atoms with van der Waals surface area (Å²) in [5.41, 5.74) is 0.466. The number of hydrogen-bond donors (Lipinski definition) is 0. The van der Waals surface area contributed by atoms with E-state index in [0.717, 1.165) is 4.31 Å². The molecule has 24 heavy (non-hydrogen) atoms. The molecule has 2 aromatic rings. The molecule has 1 aromatic carbocycles. The minimum atomic E-state index is -4.03. The average Bonchev–Trinajstić information content (AvgIpc) is 2.98. The van der Waals surface area contributed by atoms with Crippen molar-refractivity contribution in [1.29, 1.82) is 0 Å². The van der Waals surface area contributed by atoms with E-state index in [2.05, 4.69) is 0 Å². The SMILES string of the molecule is CN([C@@H]1CCS(=O)(=O)C1)S(=O)(=O)c1cc2oc(=O)n(C)c2cc1Cl. The lowest BCUT2D eigenvalue weighted by Crippen LogP contribution is -2.37. The smallest absolute Gasteiger partial charge is 0.408 e. The second kappa shape index (κ2) is 5.58. The van der Waals surface area contributed by atoms with Gasteiger partial charge in [0.25, 0.3) is 0 Å². The first-order chi connectivity index (χ1) is 11.0. The number of oxazole rings is 1. The quantitative estimate of drug-likeness (QED) is 0.754. The molecule has 0 bridgehead atoms. The van der Waals surface area contributed by atoms with E-state index >= 15 is 0 Å². The summed E-state index contributed by atoms with van der Waals surface area (Å²) in [5, 5.41) is -0.0633. The summed E-state index contributed by atoms with van der Waals surface area (Å²) in [6.07, 6.45) is 0.234. The fourth-order valence-electron chi connectivity index (χ4n) is 2.74. The van der Waals surface area contributed by atoms with Gasteiger partial charge in [-0.25, -0.2) is 21.6 Å². The van der Waals surface area contributed by atoms with Crippen LogP contribution in [0.4, 0.5) is 0 Å². The van der Waals surface area contributed by atoms with Crippen molar-refractivity contribution in [3.05, 3.63) is 27.7 Å². The number of hydrogen-bond acceptors (Lipinski definition) is 6. The lowest BCUT2D eigenvalue weighted by atomic mass is 10.3. The molecule has 1 aliphatic heterocycles. The van der Waals surface area contributed by atoms with Crippen LogP contribution in [0.2, 0.25) is 5.02 Å². The normalized spacial score (nSPS) is 20.9. The van der Waals surface area contributed by atoms with E-state index < -0.39 is 31.7 Å². The fraction of sp³-hybridized carbons (Fsp3) is 0.462. The van der Waals surface area contributed by atoms with Gasteiger partial charge in [0.2, 0.25) is 10.0 Å². The van der Waals surface area contributed by atoms with Crippen molar-refractivity contribution in [1.82, 2.24) is 8.87 Å². The minimum absolute atomic E-state index is 0.0438. The fourth-order valence-corrected chi connectivity index (χ4v) is 6.50. The Labute approximate surface area is 143 Å². The largest absolute Gasteiger partial charge is 0.419 e. The standard InChI is InChI=1S/C13H15ClN2O6S2/c1-15-10-5-9(14)12(6-11(10)22-13(15)17)24(20,21)16(2)8-3-4-23(18,19)7-8/h5-6,8H,3-4,7H2,1-2H3/t8-/m1/s1. The van der Waals surface area contributed by atoms with Crippen molar-refractivity contribution in [2.75, 3.05) is 18.6 Å². The Morgan fingerprint density at radius 1 is 1.38 bits per heavy atom. The predicted molar refractivity (Wildman–Crippen MR) is 88.5 cm³/mol. The van der Waals surface area contributed by atoms with Gasteiger partial charge in [-0.3, -0.25) is 4.57 Å². The molecule has 0 unspecified atom stereocenters. The Morgan fingerprint density at radius 2 is 2.04 bits per heavy atom. The van der Waals surface area contributed by atoms with Gasteiger partial charge in [0.05, 0.1) is 22.0 Å². The van der Waals surface area contributed by atoms with E-state index in [9.17, 15) is 21.6 Å². The van der Waals surface area contributed by atoms with Crippen molar-refractivity contribution in [2.45, 2.75) is 17.4 Å². The number of nitrogens with zero attached hydrogens (tertiary/aromatic N) is 2. The van der Waals surface area contributed by atoms with Gasteiger partial charge in [0.15, 0.2) is 15.4 Å². The van der Waals surface area contributed by atoms with Crippen LogP contribution in [0.15, 0.2) is 26.2 Å². The zero-order valence-electron chi connectivity index (χ0n) is 12.9. The van der Waals surface area contributed by atoms with Crippen LogP contribution >= 0.6 is 11.6 Å². The number of halogens is 1. The molecule has 11 heteroatoms. The third-order valence-electron chi connectivity index (χ3n) is 4.23. The molecule has 1 aliphatic rings. The Kier molecular flexibility index (Phi) is 4.06. The number of sulfonamides is 1.